The number of nitrogens with zero attached hydrogens (tertiary/aromatic N) is 3. The fourth-order valence-corrected chi connectivity index (χ4v) is 5.25. The largest absolute Gasteiger partial charge is 0.495 e. The summed E-state index contributed by atoms with van der Waals surface area (Å²) in [4.78, 5) is 34.8. The molecule has 1 unspecified atom stereocenters. The van der Waals surface area contributed by atoms with Crippen molar-refractivity contribution in [3.8, 4) is 11.4 Å². The summed E-state index contributed by atoms with van der Waals surface area (Å²) in [5, 5.41) is 3.56. The molecule has 4 aromatic carbocycles. The Labute approximate surface area is 247 Å². The van der Waals surface area contributed by atoms with Gasteiger partial charge < -0.3 is 15.0 Å². The first-order valence-corrected chi connectivity index (χ1v) is 14.3. The fourth-order valence-electron chi connectivity index (χ4n) is 4.98. The summed E-state index contributed by atoms with van der Waals surface area (Å²) in [7, 11) is 1.57. The summed E-state index contributed by atoms with van der Waals surface area (Å²) in [5.41, 5.74) is 2.76. The number of ether oxygens (including phenoxy) is 1. The molecule has 0 spiro atoms. The van der Waals surface area contributed by atoms with Gasteiger partial charge in [0.2, 0.25) is 0 Å². The molecule has 8 heteroatoms. The molecule has 7 nitrogen and oxygen atoms in total. The van der Waals surface area contributed by atoms with E-state index in [0.717, 1.165) is 10.0 Å². The van der Waals surface area contributed by atoms with Crippen LogP contribution in [0.25, 0.3) is 16.6 Å². The second kappa shape index (κ2) is 12.8. The molecule has 1 aromatic heterocycles. The molecule has 1 heterocycles. The van der Waals surface area contributed by atoms with Gasteiger partial charge in [-0.1, -0.05) is 77.5 Å². The molecule has 0 aliphatic heterocycles. The molecule has 0 aliphatic carbocycles. The first kappa shape index (κ1) is 28.1. The Balaban J connectivity index is 1.64. The summed E-state index contributed by atoms with van der Waals surface area (Å²) < 4.78 is 8.02. The minimum atomic E-state index is -0.505. The summed E-state index contributed by atoms with van der Waals surface area (Å²) in [5.74, 6) is 1.06. The van der Waals surface area contributed by atoms with Gasteiger partial charge in [-0.05, 0) is 66.9 Å². The van der Waals surface area contributed by atoms with Crippen molar-refractivity contribution in [3.05, 3.63) is 129 Å². The topological polar surface area (TPSA) is 76.5 Å². The van der Waals surface area contributed by atoms with Crippen LogP contribution < -0.4 is 15.6 Å². The van der Waals surface area contributed by atoms with Crippen LogP contribution in [0.5, 0.6) is 5.75 Å². The number of halogens is 1. The minimum absolute atomic E-state index is 0.181. The molecule has 5 rings (SSSR count). The Morgan fingerprint density at radius 3 is 2.37 bits per heavy atom. The number of methoxy groups -OCH3 is 1. The van der Waals surface area contributed by atoms with Gasteiger partial charge >= 0.3 is 6.03 Å². The number of hydrogen-bond acceptors (Lipinski definition) is 4. The maximum atomic E-state index is 14.1. The van der Waals surface area contributed by atoms with E-state index in [4.69, 9.17) is 9.72 Å². The molecule has 5 aromatic rings. The number of anilines is 1. The number of rotatable bonds is 9. The van der Waals surface area contributed by atoms with Crippen molar-refractivity contribution in [2.45, 2.75) is 25.8 Å². The van der Waals surface area contributed by atoms with Gasteiger partial charge in [0, 0.05) is 11.0 Å². The van der Waals surface area contributed by atoms with Gasteiger partial charge in [-0.25, -0.2) is 9.78 Å². The predicted molar refractivity (Wildman–Crippen MR) is 167 cm³/mol. The number of benzene rings is 4. The molecule has 1 atom stereocenters. The van der Waals surface area contributed by atoms with E-state index in [9.17, 15) is 9.59 Å². The lowest BCUT2D eigenvalue weighted by molar-refractivity contribution is 0.182. The second-order valence-electron chi connectivity index (χ2n) is 9.59. The molecular formula is C33H31BrN4O3. The van der Waals surface area contributed by atoms with Gasteiger partial charge in [0.15, 0.2) is 0 Å². The smallest absolute Gasteiger partial charge is 0.322 e. The van der Waals surface area contributed by atoms with Gasteiger partial charge in [0.1, 0.15) is 11.6 Å². The van der Waals surface area contributed by atoms with Crippen molar-refractivity contribution in [3.63, 3.8) is 0 Å². The molecule has 0 bridgehead atoms. The van der Waals surface area contributed by atoms with Crippen LogP contribution in [0.2, 0.25) is 0 Å². The van der Waals surface area contributed by atoms with E-state index < -0.39 is 6.04 Å². The van der Waals surface area contributed by atoms with Crippen LogP contribution in [0, 0.1) is 0 Å². The molecule has 0 fully saturated rings. The number of nitrogens with one attached hydrogen (secondary N) is 1. The second-order valence-corrected chi connectivity index (χ2v) is 10.5. The zero-order valence-electron chi connectivity index (χ0n) is 23.0. The molecule has 208 valence electrons. The van der Waals surface area contributed by atoms with Crippen molar-refractivity contribution >= 4 is 38.6 Å². The monoisotopic (exact) mass is 610 g/mol. The highest BCUT2D eigenvalue weighted by Crippen LogP contribution is 2.29. The molecule has 1 N–H and O–H groups in total. The molecule has 0 aliphatic rings. The summed E-state index contributed by atoms with van der Waals surface area (Å²) in [6, 6.07) is 31.4. The zero-order valence-corrected chi connectivity index (χ0v) is 24.5. The first-order valence-electron chi connectivity index (χ1n) is 13.5. The van der Waals surface area contributed by atoms with Crippen molar-refractivity contribution in [2.24, 2.45) is 0 Å². The van der Waals surface area contributed by atoms with Crippen LogP contribution in [-0.4, -0.2) is 34.1 Å². The average Bonchev–Trinajstić information content (AvgIpc) is 3.00. The third-order valence-electron chi connectivity index (χ3n) is 7.04. The van der Waals surface area contributed by atoms with E-state index >= 15 is 0 Å². The van der Waals surface area contributed by atoms with E-state index in [1.54, 1.807) is 34.8 Å². The standard InChI is InChI=1S/C33H31BrN4O3/c1-3-29(31-35-27-14-8-7-13-26(27)32(39)38(31)25-19-17-24(34)18-20-25)37(22-21-23-11-5-4-6-12-23)33(40)36-28-15-9-10-16-30(28)41-2/h4-20,29H,3,21-22H2,1-2H3,(H,36,40). The molecule has 0 saturated heterocycles. The van der Waals surface area contributed by atoms with Gasteiger partial charge in [-0.15, -0.1) is 0 Å². The highest BCUT2D eigenvalue weighted by atomic mass is 79.9. The molecular weight excluding hydrogens is 580 g/mol. The van der Waals surface area contributed by atoms with Crippen LogP contribution in [0.3, 0.4) is 0 Å². The van der Waals surface area contributed by atoms with Crippen LogP contribution in [-0.2, 0) is 6.42 Å². The number of urea groups is 1. The molecule has 2 amide bonds. The highest BCUT2D eigenvalue weighted by molar-refractivity contribution is 9.10. The van der Waals surface area contributed by atoms with Crippen molar-refractivity contribution in [1.82, 2.24) is 14.5 Å². The van der Waals surface area contributed by atoms with E-state index in [0.29, 0.717) is 53.2 Å². The molecule has 0 saturated carbocycles. The number of hydrogen-bond donors (Lipinski definition) is 1. The van der Waals surface area contributed by atoms with Crippen molar-refractivity contribution < 1.29 is 9.53 Å². The normalized spacial score (nSPS) is 11.7. The van der Waals surface area contributed by atoms with E-state index in [1.165, 1.54) is 0 Å². The third kappa shape index (κ3) is 6.18. The summed E-state index contributed by atoms with van der Waals surface area (Å²) in [6.45, 7) is 2.41. The Bertz CT molecular complexity index is 1700. The van der Waals surface area contributed by atoms with Crippen LogP contribution in [0.1, 0.15) is 30.8 Å². The summed E-state index contributed by atoms with van der Waals surface area (Å²) >= 11 is 3.49. The number of para-hydroxylation sites is 3. The lowest BCUT2D eigenvalue weighted by Gasteiger charge is -2.32. The number of carbonyl (C=O) groups excluding carboxylic acids is 1. The maximum Gasteiger partial charge on any atom is 0.322 e. The molecule has 0 radical (unpaired) electrons. The average molecular weight is 612 g/mol. The Hall–Kier alpha value is -4.43. The van der Waals surface area contributed by atoms with E-state index in [2.05, 4.69) is 21.2 Å². The Morgan fingerprint density at radius 1 is 0.951 bits per heavy atom. The van der Waals surface area contributed by atoms with E-state index in [-0.39, 0.29) is 11.6 Å². The molecule has 41 heavy (non-hydrogen) atoms. The van der Waals surface area contributed by atoms with Crippen LogP contribution in [0.15, 0.2) is 112 Å². The highest BCUT2D eigenvalue weighted by Gasteiger charge is 2.29. The zero-order chi connectivity index (χ0) is 28.8. The number of amides is 2. The van der Waals surface area contributed by atoms with Gasteiger partial charge in [-0.3, -0.25) is 9.36 Å². The Kier molecular flexibility index (Phi) is 8.79. The van der Waals surface area contributed by atoms with E-state index in [1.807, 2.05) is 91.9 Å². The van der Waals surface area contributed by atoms with Crippen molar-refractivity contribution in [1.29, 1.82) is 0 Å². The van der Waals surface area contributed by atoms with Crippen LogP contribution in [0.4, 0.5) is 10.5 Å². The predicted octanol–water partition coefficient (Wildman–Crippen LogP) is 7.38. The lowest BCUT2D eigenvalue weighted by atomic mass is 10.1. The van der Waals surface area contributed by atoms with Gasteiger partial charge in [0.05, 0.1) is 35.4 Å². The number of fused-ring (bicyclic) bond motifs is 1. The minimum Gasteiger partial charge on any atom is -0.495 e. The maximum absolute atomic E-state index is 14.1. The number of carbonyl (C=O) groups is 1. The lowest BCUT2D eigenvalue weighted by Crippen LogP contribution is -2.42. The SMILES string of the molecule is CCC(c1nc2ccccc2c(=O)n1-c1ccc(Br)cc1)N(CCc1ccccc1)C(=O)Nc1ccccc1OC. The number of aromatic nitrogens is 2. The third-order valence-corrected chi connectivity index (χ3v) is 7.57. The Morgan fingerprint density at radius 2 is 1.63 bits per heavy atom. The summed E-state index contributed by atoms with van der Waals surface area (Å²) in [6.07, 6.45) is 1.17. The van der Waals surface area contributed by atoms with Gasteiger partial charge in [0.25, 0.3) is 5.56 Å². The van der Waals surface area contributed by atoms with Gasteiger partial charge in [-0.2, -0.15) is 0 Å². The fraction of sp³-hybridized carbons (Fsp3) is 0.182. The first-order chi connectivity index (χ1) is 20.0. The van der Waals surface area contributed by atoms with Crippen LogP contribution >= 0.6 is 15.9 Å². The van der Waals surface area contributed by atoms with Crippen molar-refractivity contribution in [2.75, 3.05) is 19.0 Å². The quantitative estimate of drug-likeness (QED) is 0.189.